The normalized spacial score (nSPS) is 16.1. The molecule has 0 aromatic heterocycles. The minimum atomic E-state index is -0.487. The molecule has 7 heteroatoms. The zero-order valence-corrected chi connectivity index (χ0v) is 14.7. The van der Waals surface area contributed by atoms with Gasteiger partial charge in [0, 0.05) is 37.9 Å². The number of piperazine rings is 1. The van der Waals surface area contributed by atoms with Crippen LogP contribution in [-0.2, 0) is 4.79 Å². The molecule has 2 aromatic carbocycles. The van der Waals surface area contributed by atoms with Crippen LogP contribution in [0, 0.1) is 10.1 Å². The number of carbonyl (C=O) groups excluding carboxylic acids is 1. The van der Waals surface area contributed by atoms with E-state index in [4.69, 9.17) is 0 Å². The van der Waals surface area contributed by atoms with Gasteiger partial charge in [-0.25, -0.2) is 0 Å². The van der Waals surface area contributed by atoms with Gasteiger partial charge in [-0.3, -0.25) is 19.8 Å². The van der Waals surface area contributed by atoms with Gasteiger partial charge in [-0.2, -0.15) is 0 Å². The third-order valence-electron chi connectivity index (χ3n) is 4.72. The number of amides is 1. The van der Waals surface area contributed by atoms with E-state index in [1.807, 2.05) is 25.1 Å². The number of benzene rings is 2. The second-order valence-corrected chi connectivity index (χ2v) is 6.30. The molecule has 1 heterocycles. The molecule has 0 radical (unpaired) electrons. The van der Waals surface area contributed by atoms with Crippen molar-refractivity contribution < 1.29 is 9.72 Å². The molecule has 1 aliphatic rings. The number of anilines is 2. The fraction of sp³-hybridized carbons (Fsp3) is 0.316. The van der Waals surface area contributed by atoms with Crippen LogP contribution in [0.1, 0.15) is 6.92 Å². The van der Waals surface area contributed by atoms with E-state index < -0.39 is 4.92 Å². The molecule has 136 valence electrons. The lowest BCUT2D eigenvalue weighted by atomic mass is 10.2. The monoisotopic (exact) mass is 354 g/mol. The number of carbonyl (C=O) groups is 1. The smallest absolute Gasteiger partial charge is 0.292 e. The van der Waals surface area contributed by atoms with Gasteiger partial charge < -0.3 is 10.2 Å². The number of nitro benzene ring substituents is 1. The van der Waals surface area contributed by atoms with Crippen LogP contribution in [-0.4, -0.2) is 48.0 Å². The van der Waals surface area contributed by atoms with E-state index >= 15 is 0 Å². The van der Waals surface area contributed by atoms with Crippen LogP contribution in [0.5, 0.6) is 0 Å². The summed E-state index contributed by atoms with van der Waals surface area (Å²) in [5.74, 6) is -0.229. The molecule has 1 aliphatic heterocycles. The van der Waals surface area contributed by atoms with Crippen LogP contribution in [0.3, 0.4) is 0 Å². The number of nitrogens with one attached hydrogen (secondary N) is 1. The first-order valence-electron chi connectivity index (χ1n) is 8.64. The van der Waals surface area contributed by atoms with Crippen LogP contribution in [0.15, 0.2) is 54.6 Å². The van der Waals surface area contributed by atoms with E-state index in [-0.39, 0.29) is 23.3 Å². The quantitative estimate of drug-likeness (QED) is 0.660. The fourth-order valence-corrected chi connectivity index (χ4v) is 3.15. The Morgan fingerprint density at radius 1 is 1.04 bits per heavy atom. The molecule has 3 rings (SSSR count). The van der Waals surface area contributed by atoms with Gasteiger partial charge in [-0.1, -0.05) is 30.3 Å². The Labute approximate surface area is 152 Å². The summed E-state index contributed by atoms with van der Waals surface area (Å²) in [4.78, 5) is 27.5. The maximum Gasteiger partial charge on any atom is 0.292 e. The third kappa shape index (κ3) is 4.00. The molecule has 1 N–H and O–H groups in total. The average molecular weight is 354 g/mol. The van der Waals surface area contributed by atoms with Gasteiger partial charge in [0.2, 0.25) is 5.91 Å². The van der Waals surface area contributed by atoms with Gasteiger partial charge >= 0.3 is 0 Å². The molecule has 1 unspecified atom stereocenters. The zero-order valence-electron chi connectivity index (χ0n) is 14.7. The Bertz CT molecular complexity index is 773. The highest BCUT2D eigenvalue weighted by molar-refractivity contribution is 5.96. The Balaban J connectivity index is 1.59. The van der Waals surface area contributed by atoms with E-state index in [2.05, 4.69) is 27.2 Å². The predicted octanol–water partition coefficient (Wildman–Crippen LogP) is 2.74. The van der Waals surface area contributed by atoms with Gasteiger partial charge in [0.15, 0.2) is 0 Å². The standard InChI is InChI=1S/C19H22N4O3/c1-15(19(24)20-17-9-5-6-10-18(17)23(25)26)21-11-13-22(14-12-21)16-7-3-2-4-8-16/h2-10,15H,11-14H2,1H3,(H,20,24). The van der Waals surface area contributed by atoms with Gasteiger partial charge in [0.05, 0.1) is 11.0 Å². The summed E-state index contributed by atoms with van der Waals surface area (Å²) in [5.41, 5.74) is 1.32. The van der Waals surface area contributed by atoms with Gasteiger partial charge in [0.25, 0.3) is 5.69 Å². The number of para-hydroxylation sites is 3. The first-order valence-corrected chi connectivity index (χ1v) is 8.64. The van der Waals surface area contributed by atoms with Crippen molar-refractivity contribution in [3.63, 3.8) is 0 Å². The van der Waals surface area contributed by atoms with E-state index in [1.54, 1.807) is 18.2 Å². The maximum absolute atomic E-state index is 12.5. The molecule has 0 aliphatic carbocycles. The van der Waals surface area contributed by atoms with Crippen LogP contribution >= 0.6 is 0 Å². The number of rotatable bonds is 5. The molecule has 0 spiro atoms. The number of hydrogen-bond donors (Lipinski definition) is 1. The average Bonchev–Trinajstić information content (AvgIpc) is 2.68. The molecule has 7 nitrogen and oxygen atoms in total. The second kappa shape index (κ2) is 7.97. The summed E-state index contributed by atoms with van der Waals surface area (Å²) < 4.78 is 0. The zero-order chi connectivity index (χ0) is 18.5. The highest BCUT2D eigenvalue weighted by atomic mass is 16.6. The van der Waals surface area contributed by atoms with Crippen molar-refractivity contribution in [3.8, 4) is 0 Å². The van der Waals surface area contributed by atoms with Crippen LogP contribution < -0.4 is 10.2 Å². The number of nitrogens with zero attached hydrogens (tertiary/aromatic N) is 3. The van der Waals surface area contributed by atoms with Crippen molar-refractivity contribution in [2.45, 2.75) is 13.0 Å². The summed E-state index contributed by atoms with van der Waals surface area (Å²) in [6, 6.07) is 16.0. The van der Waals surface area contributed by atoms with Crippen LogP contribution in [0.4, 0.5) is 17.1 Å². The van der Waals surface area contributed by atoms with Gasteiger partial charge in [-0.15, -0.1) is 0 Å². The van der Waals surface area contributed by atoms with Crippen molar-refractivity contribution in [2.24, 2.45) is 0 Å². The molecule has 1 amide bonds. The first kappa shape index (κ1) is 17.9. The molecule has 0 saturated carbocycles. The molecule has 26 heavy (non-hydrogen) atoms. The Morgan fingerprint density at radius 2 is 1.65 bits per heavy atom. The highest BCUT2D eigenvalue weighted by Gasteiger charge is 2.27. The Kier molecular flexibility index (Phi) is 5.48. The first-order chi connectivity index (χ1) is 12.6. The lowest BCUT2D eigenvalue weighted by Gasteiger charge is -2.38. The summed E-state index contributed by atoms with van der Waals surface area (Å²) in [5, 5.41) is 13.8. The van der Waals surface area contributed by atoms with Crippen molar-refractivity contribution in [1.82, 2.24) is 4.90 Å². The Morgan fingerprint density at radius 3 is 2.31 bits per heavy atom. The lowest BCUT2D eigenvalue weighted by molar-refractivity contribution is -0.383. The molecule has 2 aromatic rings. The number of hydrogen-bond acceptors (Lipinski definition) is 5. The molecule has 0 bridgehead atoms. The van der Waals surface area contributed by atoms with Gasteiger partial charge in [-0.05, 0) is 25.1 Å². The molecule has 1 fully saturated rings. The topological polar surface area (TPSA) is 78.7 Å². The minimum absolute atomic E-state index is 0.0954. The molecular weight excluding hydrogens is 332 g/mol. The highest BCUT2D eigenvalue weighted by Crippen LogP contribution is 2.24. The van der Waals surface area contributed by atoms with Crippen molar-refractivity contribution in [2.75, 3.05) is 36.4 Å². The van der Waals surface area contributed by atoms with E-state index in [1.165, 1.54) is 11.8 Å². The lowest BCUT2D eigenvalue weighted by Crippen LogP contribution is -2.52. The molecule has 1 saturated heterocycles. The largest absolute Gasteiger partial charge is 0.369 e. The predicted molar refractivity (Wildman–Crippen MR) is 101 cm³/mol. The SMILES string of the molecule is CC(C(=O)Nc1ccccc1[N+](=O)[O-])N1CCN(c2ccccc2)CC1. The van der Waals surface area contributed by atoms with E-state index in [9.17, 15) is 14.9 Å². The second-order valence-electron chi connectivity index (χ2n) is 6.30. The molecular formula is C19H22N4O3. The minimum Gasteiger partial charge on any atom is -0.369 e. The summed E-state index contributed by atoms with van der Waals surface area (Å²) >= 11 is 0. The summed E-state index contributed by atoms with van der Waals surface area (Å²) in [6.07, 6.45) is 0. The fourth-order valence-electron chi connectivity index (χ4n) is 3.15. The van der Waals surface area contributed by atoms with E-state index in [0.29, 0.717) is 0 Å². The van der Waals surface area contributed by atoms with Crippen molar-refractivity contribution in [3.05, 3.63) is 64.7 Å². The number of nitro groups is 1. The summed E-state index contributed by atoms with van der Waals surface area (Å²) in [7, 11) is 0. The summed E-state index contributed by atoms with van der Waals surface area (Å²) in [6.45, 7) is 5.04. The van der Waals surface area contributed by atoms with Crippen LogP contribution in [0.25, 0.3) is 0 Å². The van der Waals surface area contributed by atoms with Crippen LogP contribution in [0.2, 0.25) is 0 Å². The maximum atomic E-state index is 12.5. The third-order valence-corrected chi connectivity index (χ3v) is 4.72. The van der Waals surface area contributed by atoms with Crippen molar-refractivity contribution >= 4 is 23.0 Å². The Hall–Kier alpha value is -2.93. The van der Waals surface area contributed by atoms with Crippen molar-refractivity contribution in [1.29, 1.82) is 0 Å². The molecule has 1 atom stereocenters. The van der Waals surface area contributed by atoms with E-state index in [0.717, 1.165) is 26.2 Å². The van der Waals surface area contributed by atoms with Gasteiger partial charge in [0.1, 0.15) is 5.69 Å².